The van der Waals surface area contributed by atoms with Crippen LogP contribution in [-0.2, 0) is 6.42 Å². The molecule has 0 saturated heterocycles. The first-order valence-electron chi connectivity index (χ1n) is 12.3. The molecule has 1 aliphatic carbocycles. The summed E-state index contributed by atoms with van der Waals surface area (Å²) in [5.74, 6) is -1.45. The molecular formula is C28H31ClF6. The van der Waals surface area contributed by atoms with Gasteiger partial charge < -0.3 is 0 Å². The van der Waals surface area contributed by atoms with E-state index < -0.39 is 34.8 Å². The number of benzene rings is 2. The highest BCUT2D eigenvalue weighted by atomic mass is 35.5. The zero-order chi connectivity index (χ0) is 25.6. The van der Waals surface area contributed by atoms with Crippen molar-refractivity contribution in [2.75, 3.05) is 0 Å². The van der Waals surface area contributed by atoms with Crippen LogP contribution >= 0.6 is 11.6 Å². The fourth-order valence-corrected chi connectivity index (χ4v) is 5.24. The average Bonchev–Trinajstić information content (AvgIpc) is 2.77. The molecule has 0 bridgehead atoms. The zero-order valence-corrected chi connectivity index (χ0v) is 20.6. The molecule has 0 radical (unpaired) electrons. The van der Waals surface area contributed by atoms with Gasteiger partial charge in [-0.3, -0.25) is 0 Å². The Labute approximate surface area is 208 Å². The Hall–Kier alpha value is -1.95. The Morgan fingerprint density at radius 2 is 1.46 bits per heavy atom. The molecule has 2 aromatic rings. The Balaban J connectivity index is 1.66. The van der Waals surface area contributed by atoms with Crippen molar-refractivity contribution in [3.63, 3.8) is 0 Å². The van der Waals surface area contributed by atoms with Gasteiger partial charge in [0.1, 0.15) is 17.5 Å². The SMILES string of the molecule is CCCCCC1CCC(CCc2cc(F)c(-c3cc(F)c(C=CC(F)(F)F)c(Cl)c3)c(F)c2)CC1. The quantitative estimate of drug-likeness (QED) is 0.230. The van der Waals surface area contributed by atoms with Crippen LogP contribution in [0.25, 0.3) is 17.2 Å². The zero-order valence-electron chi connectivity index (χ0n) is 19.8. The van der Waals surface area contributed by atoms with Gasteiger partial charge in [-0.1, -0.05) is 69.9 Å². The fourth-order valence-electron chi connectivity index (χ4n) is 4.97. The number of unbranched alkanes of at least 4 members (excludes halogenated alkanes) is 2. The van der Waals surface area contributed by atoms with Gasteiger partial charge in [-0.15, -0.1) is 0 Å². The average molecular weight is 517 g/mol. The molecule has 0 nitrogen and oxygen atoms in total. The van der Waals surface area contributed by atoms with Crippen molar-refractivity contribution in [1.82, 2.24) is 0 Å². The Morgan fingerprint density at radius 1 is 0.857 bits per heavy atom. The summed E-state index contributed by atoms with van der Waals surface area (Å²) in [7, 11) is 0. The minimum absolute atomic E-state index is 0.147. The predicted molar refractivity (Wildman–Crippen MR) is 130 cm³/mol. The smallest absolute Gasteiger partial charge is 0.206 e. The van der Waals surface area contributed by atoms with Crippen molar-refractivity contribution in [2.45, 2.75) is 77.3 Å². The van der Waals surface area contributed by atoms with Crippen LogP contribution in [0.15, 0.2) is 30.3 Å². The Kier molecular flexibility index (Phi) is 9.74. The minimum atomic E-state index is -4.64. The van der Waals surface area contributed by atoms with Gasteiger partial charge in [0.25, 0.3) is 0 Å². The fraction of sp³-hybridized carbons (Fsp3) is 0.500. The van der Waals surface area contributed by atoms with Crippen LogP contribution in [0.5, 0.6) is 0 Å². The van der Waals surface area contributed by atoms with E-state index in [1.165, 1.54) is 50.7 Å². The van der Waals surface area contributed by atoms with Gasteiger partial charge in [0, 0.05) is 11.6 Å². The molecule has 0 heterocycles. The Morgan fingerprint density at radius 3 is 2.00 bits per heavy atom. The molecule has 2 aromatic carbocycles. The van der Waals surface area contributed by atoms with Crippen LogP contribution in [0.3, 0.4) is 0 Å². The second-order valence-electron chi connectivity index (χ2n) is 9.58. The van der Waals surface area contributed by atoms with Gasteiger partial charge in [-0.2, -0.15) is 13.2 Å². The van der Waals surface area contributed by atoms with Crippen LogP contribution in [0, 0.1) is 29.3 Å². The highest BCUT2D eigenvalue weighted by Gasteiger charge is 2.24. The maximum atomic E-state index is 14.9. The molecule has 1 aliphatic rings. The van der Waals surface area contributed by atoms with Gasteiger partial charge in [0.2, 0.25) is 0 Å². The van der Waals surface area contributed by atoms with E-state index in [1.807, 2.05) is 0 Å². The third-order valence-electron chi connectivity index (χ3n) is 6.93. The summed E-state index contributed by atoms with van der Waals surface area (Å²) in [6, 6.07) is 4.36. The van der Waals surface area contributed by atoms with Crippen LogP contribution in [0.2, 0.25) is 5.02 Å². The van der Waals surface area contributed by atoms with Gasteiger partial charge in [0.05, 0.1) is 10.6 Å². The van der Waals surface area contributed by atoms with Crippen molar-refractivity contribution < 1.29 is 26.3 Å². The summed E-state index contributed by atoms with van der Waals surface area (Å²) < 4.78 is 81.3. The number of rotatable bonds is 9. The molecule has 0 N–H and O–H groups in total. The lowest BCUT2D eigenvalue weighted by molar-refractivity contribution is -0.0790. The summed E-state index contributed by atoms with van der Waals surface area (Å²) in [6.45, 7) is 2.21. The largest absolute Gasteiger partial charge is 0.409 e. The van der Waals surface area contributed by atoms with Crippen LogP contribution in [0.1, 0.15) is 75.8 Å². The van der Waals surface area contributed by atoms with E-state index in [4.69, 9.17) is 11.6 Å². The molecule has 3 rings (SSSR count). The van der Waals surface area contributed by atoms with Crippen LogP contribution in [0.4, 0.5) is 26.3 Å². The highest BCUT2D eigenvalue weighted by Crippen LogP contribution is 2.36. The van der Waals surface area contributed by atoms with Gasteiger partial charge >= 0.3 is 6.18 Å². The third kappa shape index (κ3) is 8.03. The van der Waals surface area contributed by atoms with Crippen LogP contribution < -0.4 is 0 Å². The summed E-state index contributed by atoms with van der Waals surface area (Å²) in [6.07, 6.45) is 6.95. The number of alkyl halides is 3. The second kappa shape index (κ2) is 12.3. The van der Waals surface area contributed by atoms with Crippen LogP contribution in [-0.4, -0.2) is 6.18 Å². The molecule has 0 atom stereocenters. The maximum absolute atomic E-state index is 14.9. The van der Waals surface area contributed by atoms with E-state index in [0.29, 0.717) is 24.0 Å². The van der Waals surface area contributed by atoms with Gasteiger partial charge in [-0.05, 0) is 66.1 Å². The molecule has 0 amide bonds. The normalized spacial score (nSPS) is 19.0. The highest BCUT2D eigenvalue weighted by molar-refractivity contribution is 6.32. The van der Waals surface area contributed by atoms with Gasteiger partial charge in [-0.25, -0.2) is 13.2 Å². The van der Waals surface area contributed by atoms with Crippen molar-refractivity contribution in [2.24, 2.45) is 11.8 Å². The van der Waals surface area contributed by atoms with Crippen molar-refractivity contribution in [3.05, 3.63) is 63.9 Å². The lowest BCUT2D eigenvalue weighted by atomic mass is 9.77. The molecule has 35 heavy (non-hydrogen) atoms. The number of allylic oxidation sites excluding steroid dienone is 1. The van der Waals surface area contributed by atoms with Crippen molar-refractivity contribution >= 4 is 17.7 Å². The second-order valence-corrected chi connectivity index (χ2v) is 9.99. The maximum Gasteiger partial charge on any atom is 0.409 e. The first kappa shape index (κ1) is 27.6. The molecule has 0 spiro atoms. The minimum Gasteiger partial charge on any atom is -0.206 e. The van der Waals surface area contributed by atoms with Gasteiger partial charge in [0.15, 0.2) is 0 Å². The topological polar surface area (TPSA) is 0 Å². The molecule has 192 valence electrons. The van der Waals surface area contributed by atoms with E-state index in [2.05, 4.69) is 6.92 Å². The summed E-state index contributed by atoms with van der Waals surface area (Å²) in [5.41, 5.74) is -0.580. The molecule has 0 aromatic heterocycles. The van der Waals surface area contributed by atoms with E-state index in [0.717, 1.165) is 37.3 Å². The van der Waals surface area contributed by atoms with Crippen molar-refractivity contribution in [1.29, 1.82) is 0 Å². The summed E-state index contributed by atoms with van der Waals surface area (Å²) in [5, 5.41) is -0.367. The first-order chi connectivity index (χ1) is 16.6. The molecule has 0 aliphatic heterocycles. The number of hydrogen-bond donors (Lipinski definition) is 0. The number of hydrogen-bond acceptors (Lipinski definition) is 0. The third-order valence-corrected chi connectivity index (χ3v) is 7.24. The number of aryl methyl sites for hydroxylation is 1. The summed E-state index contributed by atoms with van der Waals surface area (Å²) >= 11 is 5.93. The molecular weight excluding hydrogens is 486 g/mol. The molecule has 0 unspecified atom stereocenters. The Bertz CT molecular complexity index is 973. The predicted octanol–water partition coefficient (Wildman–Crippen LogP) is 10.3. The monoisotopic (exact) mass is 516 g/mol. The molecule has 1 fully saturated rings. The van der Waals surface area contributed by atoms with E-state index in [1.54, 1.807) is 0 Å². The lowest BCUT2D eigenvalue weighted by Crippen LogP contribution is -2.15. The first-order valence-corrected chi connectivity index (χ1v) is 12.7. The summed E-state index contributed by atoms with van der Waals surface area (Å²) in [4.78, 5) is 0. The van der Waals surface area contributed by atoms with Crippen molar-refractivity contribution in [3.8, 4) is 11.1 Å². The van der Waals surface area contributed by atoms with E-state index >= 15 is 0 Å². The molecule has 7 heteroatoms. The van der Waals surface area contributed by atoms with E-state index in [9.17, 15) is 26.3 Å². The standard InChI is InChI=1S/C28H31ClF6/c1-2-3-4-5-18-6-8-19(9-7-18)10-11-20-14-25(31)27(26(32)15-20)21-16-23(29)22(24(30)17-21)12-13-28(33,34)35/h12-19H,2-11H2,1H3. The van der Waals surface area contributed by atoms with E-state index in [-0.39, 0.29) is 16.7 Å². The molecule has 1 saturated carbocycles. The number of halogens is 7. The lowest BCUT2D eigenvalue weighted by Gasteiger charge is -2.28.